The molecule has 1 rings (SSSR count). The molecule has 1 atom stereocenters. The van der Waals surface area contributed by atoms with E-state index in [0.717, 1.165) is 0 Å². The number of hydrogen-bond acceptors (Lipinski definition) is 5. The number of methoxy groups -OCH3 is 1. The van der Waals surface area contributed by atoms with Crippen molar-refractivity contribution in [1.82, 2.24) is 0 Å². The smallest absolute Gasteiger partial charge is 0.405 e. The number of anilines is 2. The molecule has 0 fully saturated rings. The summed E-state index contributed by atoms with van der Waals surface area (Å²) >= 11 is 0. The van der Waals surface area contributed by atoms with E-state index in [9.17, 15) is 9.59 Å². The Bertz CT molecular complexity index is 610. The Morgan fingerprint density at radius 1 is 1.21 bits per heavy atom. The van der Waals surface area contributed by atoms with Gasteiger partial charge in [-0.25, -0.2) is 4.79 Å². The number of benzene rings is 1. The highest BCUT2D eigenvalue weighted by Crippen LogP contribution is 2.37. The van der Waals surface area contributed by atoms with Crippen LogP contribution in [-0.4, -0.2) is 31.3 Å². The molecule has 0 aliphatic heterocycles. The molecule has 0 aromatic heterocycles. The van der Waals surface area contributed by atoms with Gasteiger partial charge in [0.15, 0.2) is 5.60 Å². The average molecular weight is 337 g/mol. The highest BCUT2D eigenvalue weighted by molar-refractivity contribution is 6.01. The summed E-state index contributed by atoms with van der Waals surface area (Å²) in [6.07, 6.45) is -1.000. The summed E-state index contributed by atoms with van der Waals surface area (Å²) in [7, 11) is 1.55. The van der Waals surface area contributed by atoms with Crippen molar-refractivity contribution < 1.29 is 19.1 Å². The van der Waals surface area contributed by atoms with Gasteiger partial charge in [-0.1, -0.05) is 26.8 Å². The quantitative estimate of drug-likeness (QED) is 0.740. The van der Waals surface area contributed by atoms with E-state index in [1.54, 1.807) is 53.0 Å². The summed E-state index contributed by atoms with van der Waals surface area (Å²) in [6.45, 7) is 9.52. The van der Waals surface area contributed by atoms with Crippen molar-refractivity contribution in [3.8, 4) is 5.75 Å². The fraction of sp³-hybridized carbons (Fsp3) is 0.529. The molecular formula is C17H27N3O4. The van der Waals surface area contributed by atoms with Crippen molar-refractivity contribution in [3.63, 3.8) is 0 Å². The van der Waals surface area contributed by atoms with Gasteiger partial charge in [-0.2, -0.15) is 0 Å². The number of carbonyl (C=O) groups is 2. The van der Waals surface area contributed by atoms with E-state index >= 15 is 0 Å². The molecular weight excluding hydrogens is 310 g/mol. The first kappa shape index (κ1) is 19.6. The summed E-state index contributed by atoms with van der Waals surface area (Å²) < 4.78 is 10.5. The van der Waals surface area contributed by atoms with Gasteiger partial charge in [0.1, 0.15) is 11.4 Å². The van der Waals surface area contributed by atoms with Crippen LogP contribution in [0.4, 0.5) is 16.2 Å². The Kier molecular flexibility index (Phi) is 6.06. The minimum Gasteiger partial charge on any atom is -0.495 e. The number of ether oxygens (including phenoxy) is 2. The lowest BCUT2D eigenvalue weighted by atomic mass is 9.77. The molecule has 0 saturated carbocycles. The van der Waals surface area contributed by atoms with Crippen molar-refractivity contribution in [2.24, 2.45) is 11.1 Å². The van der Waals surface area contributed by atoms with Crippen LogP contribution < -0.4 is 21.1 Å². The summed E-state index contributed by atoms with van der Waals surface area (Å²) in [6, 6.07) is 5.29. The molecule has 2 amide bonds. The van der Waals surface area contributed by atoms with Gasteiger partial charge in [-0.3, -0.25) is 4.79 Å². The third-order valence-electron chi connectivity index (χ3n) is 4.02. The van der Waals surface area contributed by atoms with Crippen LogP contribution in [0.3, 0.4) is 0 Å². The first-order chi connectivity index (χ1) is 11.1. The molecule has 0 heterocycles. The van der Waals surface area contributed by atoms with Gasteiger partial charge in [-0.15, -0.1) is 0 Å². The molecule has 0 spiro atoms. The number of amides is 2. The van der Waals surface area contributed by atoms with Crippen molar-refractivity contribution in [2.75, 3.05) is 24.3 Å². The minimum absolute atomic E-state index is 0.471. The maximum absolute atomic E-state index is 12.9. The van der Waals surface area contributed by atoms with E-state index in [4.69, 9.17) is 15.2 Å². The second kappa shape index (κ2) is 7.42. The molecule has 0 unspecified atom stereocenters. The van der Waals surface area contributed by atoms with Crippen molar-refractivity contribution in [3.05, 3.63) is 18.2 Å². The third kappa shape index (κ3) is 4.10. The lowest BCUT2D eigenvalue weighted by Gasteiger charge is -2.39. The van der Waals surface area contributed by atoms with Gasteiger partial charge in [0.05, 0.1) is 12.8 Å². The van der Waals surface area contributed by atoms with Crippen LogP contribution in [0, 0.1) is 5.41 Å². The highest BCUT2D eigenvalue weighted by Gasteiger charge is 2.48. The summed E-state index contributed by atoms with van der Waals surface area (Å²) in [5.74, 6) is 0.129. The Morgan fingerprint density at radius 3 is 2.29 bits per heavy atom. The molecule has 0 saturated heterocycles. The topological polar surface area (TPSA) is 103 Å². The molecule has 7 heteroatoms. The van der Waals surface area contributed by atoms with Crippen LogP contribution >= 0.6 is 0 Å². The molecule has 0 aliphatic rings. The number of nitrogens with one attached hydrogen (secondary N) is 2. The Balaban J connectivity index is 3.23. The number of nitrogens with two attached hydrogens (primary N) is 1. The fourth-order valence-corrected chi connectivity index (χ4v) is 2.15. The predicted octanol–water partition coefficient (Wildman–Crippen LogP) is 2.97. The summed E-state index contributed by atoms with van der Waals surface area (Å²) in [4.78, 5) is 24.1. The number of hydrogen-bond donors (Lipinski definition) is 3. The first-order valence-electron chi connectivity index (χ1n) is 7.77. The zero-order chi connectivity index (χ0) is 18.5. The summed E-state index contributed by atoms with van der Waals surface area (Å²) in [5.41, 5.74) is 4.24. The molecule has 1 aromatic rings. The van der Waals surface area contributed by atoms with Crippen LogP contribution in [0.5, 0.6) is 5.75 Å². The molecule has 0 bridgehead atoms. The van der Waals surface area contributed by atoms with Crippen LogP contribution in [0.1, 0.15) is 34.6 Å². The van der Waals surface area contributed by atoms with Crippen LogP contribution in [0.15, 0.2) is 18.2 Å². The molecule has 4 N–H and O–H groups in total. The van der Waals surface area contributed by atoms with Gasteiger partial charge >= 0.3 is 6.09 Å². The molecule has 0 aliphatic carbocycles. The molecule has 24 heavy (non-hydrogen) atoms. The maximum atomic E-state index is 12.9. The Hall–Kier alpha value is -2.44. The fourth-order valence-electron chi connectivity index (χ4n) is 2.15. The Labute approximate surface area is 142 Å². The van der Waals surface area contributed by atoms with E-state index in [2.05, 4.69) is 10.6 Å². The van der Waals surface area contributed by atoms with Gasteiger partial charge < -0.3 is 25.8 Å². The minimum atomic E-state index is -1.44. The van der Waals surface area contributed by atoms with Crippen LogP contribution in [-0.2, 0) is 9.53 Å². The van der Waals surface area contributed by atoms with E-state index in [1.165, 1.54) is 0 Å². The van der Waals surface area contributed by atoms with E-state index < -0.39 is 23.0 Å². The van der Waals surface area contributed by atoms with Crippen molar-refractivity contribution >= 4 is 23.4 Å². The standard InChI is InChI=1S/C17H27N3O4/c1-7-19-13-11(9-8-10-12(13)23-6)20-14(21)17(5,16(2,3)4)24-15(18)22/h8-10,19H,7H2,1-6H3,(H2,18,22)(H,20,21)/t17-/m0/s1. The van der Waals surface area contributed by atoms with E-state index in [0.29, 0.717) is 23.7 Å². The monoisotopic (exact) mass is 337 g/mol. The average Bonchev–Trinajstić information content (AvgIpc) is 2.47. The van der Waals surface area contributed by atoms with Crippen molar-refractivity contribution in [1.29, 1.82) is 0 Å². The SMILES string of the molecule is CCNc1c(NC(=O)[C@](C)(OC(N)=O)C(C)(C)C)cccc1OC. The van der Waals surface area contributed by atoms with Gasteiger partial charge in [0.2, 0.25) is 0 Å². The normalized spacial score (nSPS) is 13.6. The van der Waals surface area contributed by atoms with Gasteiger partial charge in [0, 0.05) is 12.0 Å². The Morgan fingerprint density at radius 2 is 1.83 bits per heavy atom. The number of rotatable bonds is 6. The molecule has 134 valence electrons. The zero-order valence-electron chi connectivity index (χ0n) is 15.1. The maximum Gasteiger partial charge on any atom is 0.405 e. The van der Waals surface area contributed by atoms with Crippen molar-refractivity contribution in [2.45, 2.75) is 40.2 Å². The molecule has 1 aromatic carbocycles. The first-order valence-corrected chi connectivity index (χ1v) is 7.77. The van der Waals surface area contributed by atoms with E-state index in [-0.39, 0.29) is 0 Å². The number of primary amides is 1. The van der Waals surface area contributed by atoms with Crippen LogP contribution in [0.2, 0.25) is 0 Å². The van der Waals surface area contributed by atoms with Crippen LogP contribution in [0.25, 0.3) is 0 Å². The third-order valence-corrected chi connectivity index (χ3v) is 4.02. The lowest BCUT2D eigenvalue weighted by Crippen LogP contribution is -2.54. The lowest BCUT2D eigenvalue weighted by molar-refractivity contribution is -0.143. The van der Waals surface area contributed by atoms with E-state index in [1.807, 2.05) is 6.92 Å². The predicted molar refractivity (Wildman–Crippen MR) is 94.3 cm³/mol. The second-order valence-corrected chi connectivity index (χ2v) is 6.57. The molecule has 7 nitrogen and oxygen atoms in total. The number of para-hydroxylation sites is 1. The van der Waals surface area contributed by atoms with Gasteiger partial charge in [0.25, 0.3) is 5.91 Å². The highest BCUT2D eigenvalue weighted by atomic mass is 16.6. The zero-order valence-corrected chi connectivity index (χ0v) is 15.1. The summed E-state index contributed by atoms with van der Waals surface area (Å²) in [5, 5.41) is 5.97. The number of carbonyl (C=O) groups excluding carboxylic acids is 2. The largest absolute Gasteiger partial charge is 0.495 e. The molecule has 0 radical (unpaired) electrons. The second-order valence-electron chi connectivity index (χ2n) is 6.57. The van der Waals surface area contributed by atoms with Gasteiger partial charge in [-0.05, 0) is 26.0 Å².